The molecule has 3 N–H and O–H groups in total. The molecule has 0 saturated carbocycles. The number of hydrogen-bond donors (Lipinski definition) is 2. The van der Waals surface area contributed by atoms with Gasteiger partial charge >= 0.3 is 0 Å². The highest BCUT2D eigenvalue weighted by atomic mass is 14.8. The number of hydrogen-bond acceptors (Lipinski definition) is 2. The summed E-state index contributed by atoms with van der Waals surface area (Å²) in [5, 5.41) is 10.9. The van der Waals surface area contributed by atoms with Gasteiger partial charge in [-0.3, -0.25) is 0 Å². The molecule has 0 atom stereocenters. The SMILES string of the molecule is C=C/C=C\C(N)=C(/C)NC.Cc1cccc(-c2cc3c(c4ccccc24)C2(c4ccccc4-c4ccccc42)c2c-3c3ccccc3c3ccccc23)c1. The number of nitrogens with two attached hydrogens (primary N) is 1. The predicted octanol–water partition coefficient (Wildman–Crippen LogP) is 12.6. The van der Waals surface area contributed by atoms with Gasteiger partial charge in [0.2, 0.25) is 0 Å². The van der Waals surface area contributed by atoms with Gasteiger partial charge in [0, 0.05) is 12.7 Å². The zero-order valence-electron chi connectivity index (χ0n) is 31.0. The van der Waals surface area contributed by atoms with E-state index >= 15 is 0 Å². The second kappa shape index (κ2) is 13.1. The third-order valence-electron chi connectivity index (χ3n) is 11.5. The Morgan fingerprint density at radius 3 is 1.72 bits per heavy atom. The molecule has 0 fully saturated rings. The van der Waals surface area contributed by atoms with E-state index in [1.54, 1.807) is 18.2 Å². The minimum Gasteiger partial charge on any atom is -0.397 e. The lowest BCUT2D eigenvalue weighted by atomic mass is 9.68. The maximum absolute atomic E-state index is 5.60. The van der Waals surface area contributed by atoms with E-state index < -0.39 is 5.41 Å². The number of allylic oxidation sites excluding steroid dienone is 4. The van der Waals surface area contributed by atoms with Crippen LogP contribution in [-0.2, 0) is 5.41 Å². The molecule has 8 aromatic carbocycles. The van der Waals surface area contributed by atoms with E-state index in [1.807, 2.05) is 14.0 Å². The molecule has 54 heavy (non-hydrogen) atoms. The van der Waals surface area contributed by atoms with E-state index in [0.29, 0.717) is 0 Å². The average molecular weight is 695 g/mol. The first-order chi connectivity index (χ1) is 26.5. The summed E-state index contributed by atoms with van der Waals surface area (Å²) in [6.45, 7) is 7.64. The molecule has 0 bridgehead atoms. The van der Waals surface area contributed by atoms with Crippen molar-refractivity contribution < 1.29 is 0 Å². The predicted molar refractivity (Wildman–Crippen MR) is 231 cm³/mol. The Labute approximate surface area is 317 Å². The summed E-state index contributed by atoms with van der Waals surface area (Å²) in [4.78, 5) is 0. The number of fused-ring (bicyclic) bond motifs is 17. The minimum absolute atomic E-state index is 0.438. The lowest BCUT2D eigenvalue weighted by Crippen LogP contribution is -2.26. The highest BCUT2D eigenvalue weighted by molar-refractivity contribution is 6.22. The summed E-state index contributed by atoms with van der Waals surface area (Å²) < 4.78 is 0. The van der Waals surface area contributed by atoms with Crippen molar-refractivity contribution in [2.24, 2.45) is 5.73 Å². The number of rotatable bonds is 4. The Morgan fingerprint density at radius 2 is 1.11 bits per heavy atom. The van der Waals surface area contributed by atoms with Crippen LogP contribution in [0.1, 0.15) is 34.7 Å². The van der Waals surface area contributed by atoms with Crippen LogP contribution in [0.2, 0.25) is 0 Å². The van der Waals surface area contributed by atoms with Gasteiger partial charge in [-0.25, -0.2) is 0 Å². The summed E-state index contributed by atoms with van der Waals surface area (Å²) in [7, 11) is 1.84. The van der Waals surface area contributed by atoms with Gasteiger partial charge < -0.3 is 11.1 Å². The first-order valence-electron chi connectivity index (χ1n) is 18.7. The van der Waals surface area contributed by atoms with Crippen molar-refractivity contribution in [1.82, 2.24) is 5.32 Å². The lowest BCUT2D eigenvalue weighted by Gasteiger charge is -2.33. The number of aryl methyl sites for hydroxylation is 1. The standard InChI is InChI=1S/C44H28.C8H14N2/c1-27-13-12-14-28(25-27)37-26-38-41-34-20-5-2-15-29(34)30-16-3-7-22-36(30)43(41)44(42(38)35-21-6-4-17-31(35)37)39-23-10-8-18-32(39)33-19-9-11-24-40(33)44;1-4-5-6-8(9)7(2)10-3/h2-26H,1H3;4-6,10H,1,9H2,2-3H3/b;6-5-,8-7-. The van der Waals surface area contributed by atoms with Crippen LogP contribution in [0.15, 0.2) is 188 Å². The molecular weight excluding hydrogens is 653 g/mol. The van der Waals surface area contributed by atoms with Crippen molar-refractivity contribution in [1.29, 1.82) is 0 Å². The van der Waals surface area contributed by atoms with Gasteiger partial charge in [0.25, 0.3) is 0 Å². The molecule has 2 heteroatoms. The largest absolute Gasteiger partial charge is 0.397 e. The fourth-order valence-corrected chi connectivity index (χ4v) is 9.18. The fraction of sp³-hybridized carbons (Fsp3) is 0.0769. The lowest BCUT2D eigenvalue weighted by molar-refractivity contribution is 0.809. The normalized spacial score (nSPS) is 13.6. The van der Waals surface area contributed by atoms with Crippen molar-refractivity contribution in [3.8, 4) is 33.4 Å². The summed E-state index contributed by atoms with van der Waals surface area (Å²) >= 11 is 0. The number of benzene rings is 8. The molecule has 1 spiro atoms. The van der Waals surface area contributed by atoms with E-state index in [-0.39, 0.29) is 0 Å². The highest BCUT2D eigenvalue weighted by Crippen LogP contribution is 2.67. The van der Waals surface area contributed by atoms with Gasteiger partial charge in [-0.15, -0.1) is 0 Å². The molecule has 0 heterocycles. The molecule has 2 nitrogen and oxygen atoms in total. The molecule has 10 rings (SSSR count). The van der Waals surface area contributed by atoms with Crippen molar-refractivity contribution in [3.63, 3.8) is 0 Å². The maximum Gasteiger partial charge on any atom is 0.0737 e. The van der Waals surface area contributed by atoms with Gasteiger partial charge in [-0.2, -0.15) is 0 Å². The molecule has 8 aromatic rings. The Morgan fingerprint density at radius 1 is 0.574 bits per heavy atom. The first-order valence-corrected chi connectivity index (χ1v) is 18.7. The van der Waals surface area contributed by atoms with Crippen molar-refractivity contribution in [3.05, 3.63) is 216 Å². The Balaban J connectivity index is 0.000000341. The average Bonchev–Trinajstić information content (AvgIpc) is 3.70. The number of nitrogens with one attached hydrogen (secondary N) is 1. The summed E-state index contributed by atoms with van der Waals surface area (Å²) in [6, 6.07) is 57.1. The monoisotopic (exact) mass is 694 g/mol. The molecule has 2 aliphatic rings. The zero-order valence-corrected chi connectivity index (χ0v) is 31.0. The Hall–Kier alpha value is -6.64. The fourth-order valence-electron chi connectivity index (χ4n) is 9.18. The molecular formula is C52H42N2. The summed E-state index contributed by atoms with van der Waals surface area (Å²) in [5.41, 5.74) is 21.7. The molecule has 260 valence electrons. The summed E-state index contributed by atoms with van der Waals surface area (Å²) in [5.74, 6) is 0. The Kier molecular flexibility index (Phi) is 8.05. The van der Waals surface area contributed by atoms with Crippen LogP contribution in [0.3, 0.4) is 0 Å². The third-order valence-corrected chi connectivity index (χ3v) is 11.5. The van der Waals surface area contributed by atoms with Gasteiger partial charge in [-0.1, -0.05) is 170 Å². The van der Waals surface area contributed by atoms with Crippen molar-refractivity contribution in [2.75, 3.05) is 7.05 Å². The third kappa shape index (κ3) is 4.80. The molecule has 2 aliphatic carbocycles. The van der Waals surface area contributed by atoms with E-state index in [9.17, 15) is 0 Å². The molecule has 0 radical (unpaired) electrons. The minimum atomic E-state index is -0.438. The molecule has 0 amide bonds. The van der Waals surface area contributed by atoms with Crippen LogP contribution >= 0.6 is 0 Å². The van der Waals surface area contributed by atoms with E-state index in [1.165, 1.54) is 93.5 Å². The van der Waals surface area contributed by atoms with Crippen molar-refractivity contribution in [2.45, 2.75) is 19.3 Å². The first kappa shape index (κ1) is 33.2. The highest BCUT2D eigenvalue weighted by Gasteiger charge is 2.54. The molecule has 0 unspecified atom stereocenters. The molecule has 0 aliphatic heterocycles. The van der Waals surface area contributed by atoms with Crippen LogP contribution in [0.5, 0.6) is 0 Å². The van der Waals surface area contributed by atoms with Gasteiger partial charge in [0.15, 0.2) is 0 Å². The van der Waals surface area contributed by atoms with Crippen LogP contribution in [0.25, 0.3) is 65.7 Å². The summed E-state index contributed by atoms with van der Waals surface area (Å²) in [6.07, 6.45) is 5.30. The molecule has 0 aromatic heterocycles. The topological polar surface area (TPSA) is 38.0 Å². The zero-order chi connectivity index (χ0) is 37.0. The van der Waals surface area contributed by atoms with Gasteiger partial charge in [0.1, 0.15) is 0 Å². The smallest absolute Gasteiger partial charge is 0.0737 e. The van der Waals surface area contributed by atoms with Crippen LogP contribution in [0.4, 0.5) is 0 Å². The van der Waals surface area contributed by atoms with Crippen LogP contribution < -0.4 is 11.1 Å². The Bertz CT molecular complexity index is 2820. The van der Waals surface area contributed by atoms with Gasteiger partial charge in [-0.05, 0) is 114 Å². The van der Waals surface area contributed by atoms with Crippen LogP contribution in [0, 0.1) is 6.92 Å². The second-order valence-corrected chi connectivity index (χ2v) is 14.4. The van der Waals surface area contributed by atoms with E-state index in [2.05, 4.69) is 170 Å². The maximum atomic E-state index is 5.60. The molecule has 0 saturated heterocycles. The quantitative estimate of drug-likeness (QED) is 0.142. The van der Waals surface area contributed by atoms with Gasteiger partial charge in [0.05, 0.1) is 11.1 Å². The second-order valence-electron chi connectivity index (χ2n) is 14.4. The van der Waals surface area contributed by atoms with Crippen LogP contribution in [-0.4, -0.2) is 7.05 Å². The van der Waals surface area contributed by atoms with Crippen molar-refractivity contribution >= 4 is 32.3 Å². The van der Waals surface area contributed by atoms with E-state index in [4.69, 9.17) is 5.73 Å². The van der Waals surface area contributed by atoms with E-state index in [0.717, 1.165) is 11.4 Å².